The number of rotatable bonds is 5. The second kappa shape index (κ2) is 6.76. The van der Waals surface area contributed by atoms with Gasteiger partial charge in [0.2, 0.25) is 0 Å². The maximum Gasteiger partial charge on any atom is 0.411 e. The number of hydrogen-bond acceptors (Lipinski definition) is 3. The van der Waals surface area contributed by atoms with Crippen LogP contribution in [0.25, 0.3) is 0 Å². The van der Waals surface area contributed by atoms with Crippen LogP contribution in [0.1, 0.15) is 10.4 Å². The van der Waals surface area contributed by atoms with Crippen LogP contribution in [0.3, 0.4) is 0 Å². The Balaban J connectivity index is 2.36. The molecule has 0 aromatic heterocycles. The molecule has 0 unspecified atom stereocenters. The number of carbonyl (C=O) groups excluding carboxylic acids is 1. The van der Waals surface area contributed by atoms with Crippen LogP contribution in [-0.4, -0.2) is 36.9 Å². The Morgan fingerprint density at radius 3 is 2.68 bits per heavy atom. The van der Waals surface area contributed by atoms with E-state index in [0.717, 1.165) is 0 Å². The van der Waals surface area contributed by atoms with Gasteiger partial charge in [0.05, 0.1) is 12.2 Å². The fraction of sp³-hybridized carbons (Fsp3) is 0.364. The van der Waals surface area contributed by atoms with E-state index in [1.54, 1.807) is 6.07 Å². The number of carbonyl (C=O) groups is 1. The normalized spacial score (nSPS) is 11.4. The summed E-state index contributed by atoms with van der Waals surface area (Å²) in [4.78, 5) is 11.6. The van der Waals surface area contributed by atoms with E-state index in [0.29, 0.717) is 4.47 Å². The summed E-state index contributed by atoms with van der Waals surface area (Å²) in [6, 6.07) is 4.30. The minimum Gasteiger partial charge on any atom is -0.507 e. The fourth-order valence-electron chi connectivity index (χ4n) is 1.22. The molecule has 1 rings (SSSR count). The van der Waals surface area contributed by atoms with Crippen molar-refractivity contribution in [2.45, 2.75) is 6.18 Å². The van der Waals surface area contributed by atoms with Gasteiger partial charge in [0.25, 0.3) is 5.91 Å². The summed E-state index contributed by atoms with van der Waals surface area (Å²) in [6.45, 7) is -1.70. The van der Waals surface area contributed by atoms with E-state index in [2.05, 4.69) is 26.0 Å². The maximum atomic E-state index is 11.7. The van der Waals surface area contributed by atoms with Gasteiger partial charge in [-0.05, 0) is 18.2 Å². The second-order valence-electron chi connectivity index (χ2n) is 3.59. The molecule has 0 heterocycles. The molecule has 8 heteroatoms. The standard InChI is InChI=1S/C11H11BrF3NO3/c12-7-1-2-8(9(17)5-7)10(18)16-3-4-19-6-11(13,14)15/h1-2,5,17H,3-4,6H2,(H,16,18). The highest BCUT2D eigenvalue weighted by Crippen LogP contribution is 2.22. The molecular weight excluding hydrogens is 331 g/mol. The van der Waals surface area contributed by atoms with E-state index < -0.39 is 18.7 Å². The molecule has 0 aliphatic rings. The van der Waals surface area contributed by atoms with Gasteiger partial charge in [-0.1, -0.05) is 15.9 Å². The largest absolute Gasteiger partial charge is 0.507 e. The van der Waals surface area contributed by atoms with Gasteiger partial charge >= 0.3 is 6.18 Å². The fourth-order valence-corrected chi connectivity index (χ4v) is 1.57. The van der Waals surface area contributed by atoms with Gasteiger partial charge in [0.1, 0.15) is 12.4 Å². The number of benzene rings is 1. The van der Waals surface area contributed by atoms with Crippen LogP contribution in [-0.2, 0) is 4.74 Å². The lowest BCUT2D eigenvalue weighted by molar-refractivity contribution is -0.173. The van der Waals surface area contributed by atoms with Gasteiger partial charge < -0.3 is 15.2 Å². The third kappa shape index (κ3) is 5.93. The first-order chi connectivity index (χ1) is 8.79. The molecule has 1 amide bonds. The molecule has 2 N–H and O–H groups in total. The summed E-state index contributed by atoms with van der Waals surface area (Å²) in [5.74, 6) is -0.802. The van der Waals surface area contributed by atoms with Crippen molar-refractivity contribution >= 4 is 21.8 Å². The first-order valence-corrected chi connectivity index (χ1v) is 6.00. The summed E-state index contributed by atoms with van der Waals surface area (Å²) in [6.07, 6.45) is -4.38. The first kappa shape index (κ1) is 15.8. The number of nitrogens with one attached hydrogen (secondary N) is 1. The van der Waals surface area contributed by atoms with Crippen molar-refractivity contribution in [2.24, 2.45) is 0 Å². The van der Waals surface area contributed by atoms with Gasteiger partial charge in [0.15, 0.2) is 0 Å². The summed E-state index contributed by atoms with van der Waals surface area (Å²) < 4.78 is 40.2. The molecule has 0 bridgehead atoms. The minimum atomic E-state index is -4.38. The van der Waals surface area contributed by atoms with Crippen LogP contribution in [0.4, 0.5) is 13.2 Å². The number of ether oxygens (including phenoxy) is 1. The molecule has 0 aliphatic heterocycles. The molecular formula is C11H11BrF3NO3. The molecule has 0 saturated carbocycles. The smallest absolute Gasteiger partial charge is 0.411 e. The van der Waals surface area contributed by atoms with Crippen molar-refractivity contribution in [2.75, 3.05) is 19.8 Å². The lowest BCUT2D eigenvalue weighted by Crippen LogP contribution is -2.28. The predicted octanol–water partition coefficient (Wildman–Crippen LogP) is 2.46. The number of amides is 1. The number of hydrogen-bond donors (Lipinski definition) is 2. The number of phenols is 1. The van der Waals surface area contributed by atoms with Gasteiger partial charge in [0, 0.05) is 11.0 Å². The van der Waals surface area contributed by atoms with E-state index in [-0.39, 0.29) is 24.5 Å². The molecule has 1 aromatic carbocycles. The van der Waals surface area contributed by atoms with Gasteiger partial charge in [-0.2, -0.15) is 13.2 Å². The molecule has 0 atom stereocenters. The third-order valence-electron chi connectivity index (χ3n) is 2.00. The molecule has 106 valence electrons. The molecule has 0 fully saturated rings. The summed E-state index contributed by atoms with van der Waals surface area (Å²) in [5.41, 5.74) is 0.0408. The highest BCUT2D eigenvalue weighted by atomic mass is 79.9. The number of alkyl halides is 3. The Kier molecular flexibility index (Phi) is 5.61. The molecule has 19 heavy (non-hydrogen) atoms. The molecule has 0 aliphatic carbocycles. The van der Waals surface area contributed by atoms with E-state index in [1.165, 1.54) is 12.1 Å². The number of phenolic OH excluding ortho intramolecular Hbond substituents is 1. The van der Waals surface area contributed by atoms with Crippen molar-refractivity contribution in [3.63, 3.8) is 0 Å². The summed E-state index contributed by atoms with van der Waals surface area (Å²) in [7, 11) is 0. The first-order valence-electron chi connectivity index (χ1n) is 5.21. The Bertz CT molecular complexity index is 451. The van der Waals surface area contributed by atoms with Crippen molar-refractivity contribution in [1.82, 2.24) is 5.32 Å². The maximum absolute atomic E-state index is 11.7. The Labute approximate surface area is 115 Å². The topological polar surface area (TPSA) is 58.6 Å². The number of halogens is 4. The third-order valence-corrected chi connectivity index (χ3v) is 2.50. The summed E-state index contributed by atoms with van der Waals surface area (Å²) >= 11 is 3.12. The highest BCUT2D eigenvalue weighted by molar-refractivity contribution is 9.10. The van der Waals surface area contributed by atoms with E-state index in [9.17, 15) is 23.1 Å². The van der Waals surface area contributed by atoms with Crippen LogP contribution < -0.4 is 5.32 Å². The van der Waals surface area contributed by atoms with Gasteiger partial charge in [-0.15, -0.1) is 0 Å². The highest BCUT2D eigenvalue weighted by Gasteiger charge is 2.27. The zero-order chi connectivity index (χ0) is 14.5. The molecule has 0 spiro atoms. The van der Waals surface area contributed by atoms with Crippen LogP contribution in [0.2, 0.25) is 0 Å². The number of aromatic hydroxyl groups is 1. The van der Waals surface area contributed by atoms with Crippen LogP contribution in [0.5, 0.6) is 5.75 Å². The molecule has 0 radical (unpaired) electrons. The molecule has 1 aromatic rings. The average Bonchev–Trinajstić information content (AvgIpc) is 2.26. The van der Waals surface area contributed by atoms with Crippen molar-refractivity contribution in [1.29, 1.82) is 0 Å². The Morgan fingerprint density at radius 1 is 1.42 bits per heavy atom. The second-order valence-corrected chi connectivity index (χ2v) is 4.50. The molecule has 4 nitrogen and oxygen atoms in total. The van der Waals surface area contributed by atoms with E-state index in [4.69, 9.17) is 0 Å². The monoisotopic (exact) mass is 341 g/mol. The zero-order valence-electron chi connectivity index (χ0n) is 9.63. The minimum absolute atomic E-state index is 0.0408. The Morgan fingerprint density at radius 2 is 2.11 bits per heavy atom. The Hall–Kier alpha value is -1.28. The van der Waals surface area contributed by atoms with Crippen LogP contribution in [0.15, 0.2) is 22.7 Å². The van der Waals surface area contributed by atoms with Crippen LogP contribution in [0, 0.1) is 0 Å². The average molecular weight is 342 g/mol. The lowest BCUT2D eigenvalue weighted by atomic mass is 10.2. The quantitative estimate of drug-likeness (QED) is 0.809. The van der Waals surface area contributed by atoms with E-state index >= 15 is 0 Å². The SMILES string of the molecule is O=C(NCCOCC(F)(F)F)c1ccc(Br)cc1O. The molecule has 0 saturated heterocycles. The van der Waals surface area contributed by atoms with Gasteiger partial charge in [-0.3, -0.25) is 4.79 Å². The summed E-state index contributed by atoms with van der Waals surface area (Å²) in [5, 5.41) is 11.8. The zero-order valence-corrected chi connectivity index (χ0v) is 11.2. The van der Waals surface area contributed by atoms with Crippen molar-refractivity contribution in [3.05, 3.63) is 28.2 Å². The van der Waals surface area contributed by atoms with E-state index in [1.807, 2.05) is 0 Å². The van der Waals surface area contributed by atoms with Crippen molar-refractivity contribution < 1.29 is 27.8 Å². The van der Waals surface area contributed by atoms with Crippen molar-refractivity contribution in [3.8, 4) is 5.75 Å². The van der Waals surface area contributed by atoms with Gasteiger partial charge in [-0.25, -0.2) is 0 Å². The van der Waals surface area contributed by atoms with Crippen LogP contribution >= 0.6 is 15.9 Å². The lowest BCUT2D eigenvalue weighted by Gasteiger charge is -2.09. The predicted molar refractivity (Wildman–Crippen MR) is 65.0 cm³/mol.